The molecule has 0 aliphatic heterocycles. The molecule has 0 spiro atoms. The minimum Gasteiger partial charge on any atom is -0.497 e. The zero-order chi connectivity index (χ0) is 16.7. The molecule has 0 aliphatic carbocycles. The van der Waals surface area contributed by atoms with Crippen molar-refractivity contribution < 1.29 is 23.8 Å². The van der Waals surface area contributed by atoms with Crippen LogP contribution in [-0.4, -0.2) is 24.8 Å². The number of carboxylic acids is 1. The average molecular weight is 318 g/mol. The molecule has 0 fully saturated rings. The van der Waals surface area contributed by atoms with Crippen LogP contribution in [0.25, 0.3) is 0 Å². The normalized spacial score (nSPS) is 11.7. The molecule has 23 heavy (non-hydrogen) atoms. The second-order valence-corrected chi connectivity index (χ2v) is 5.11. The largest absolute Gasteiger partial charge is 0.497 e. The first-order chi connectivity index (χ1) is 11.1. The molecule has 2 aromatic carbocycles. The van der Waals surface area contributed by atoms with Gasteiger partial charge in [-0.05, 0) is 42.7 Å². The lowest BCUT2D eigenvalue weighted by atomic mass is 9.94. The number of carboxylic acid groups (broad SMARTS) is 1. The standard InChI is InChI=1S/C18H19FO4/c1-22-15-9-7-13(8-10-15)17(18(20)21)6-3-11-23-16-5-2-4-14(19)12-16/h2,4-5,7-10,12,17H,3,6,11H2,1H3,(H,20,21). The molecule has 0 saturated carbocycles. The van der Waals surface area contributed by atoms with Crippen molar-refractivity contribution >= 4 is 5.97 Å². The number of carbonyl (C=O) groups is 1. The molecule has 1 N–H and O–H groups in total. The van der Waals surface area contributed by atoms with Crippen LogP contribution in [0.15, 0.2) is 48.5 Å². The first kappa shape index (κ1) is 16.8. The van der Waals surface area contributed by atoms with Crippen molar-refractivity contribution in [3.8, 4) is 11.5 Å². The van der Waals surface area contributed by atoms with Crippen molar-refractivity contribution in [1.82, 2.24) is 0 Å². The Bertz CT molecular complexity index is 640. The van der Waals surface area contributed by atoms with E-state index in [9.17, 15) is 14.3 Å². The van der Waals surface area contributed by atoms with E-state index in [0.717, 1.165) is 5.56 Å². The van der Waals surface area contributed by atoms with Gasteiger partial charge in [-0.1, -0.05) is 18.2 Å². The molecule has 1 atom stereocenters. The number of benzene rings is 2. The summed E-state index contributed by atoms with van der Waals surface area (Å²) in [5.41, 5.74) is 0.726. The van der Waals surface area contributed by atoms with Crippen molar-refractivity contribution in [2.75, 3.05) is 13.7 Å². The highest BCUT2D eigenvalue weighted by Gasteiger charge is 2.19. The van der Waals surface area contributed by atoms with Crippen molar-refractivity contribution in [3.05, 3.63) is 59.9 Å². The minimum absolute atomic E-state index is 0.337. The van der Waals surface area contributed by atoms with Crippen LogP contribution in [0.5, 0.6) is 11.5 Å². The molecule has 2 aromatic rings. The van der Waals surface area contributed by atoms with Gasteiger partial charge in [0.2, 0.25) is 0 Å². The van der Waals surface area contributed by atoms with Gasteiger partial charge in [0.1, 0.15) is 17.3 Å². The van der Waals surface area contributed by atoms with Gasteiger partial charge in [-0.2, -0.15) is 0 Å². The average Bonchev–Trinajstić information content (AvgIpc) is 2.55. The van der Waals surface area contributed by atoms with Crippen LogP contribution in [0.3, 0.4) is 0 Å². The summed E-state index contributed by atoms with van der Waals surface area (Å²) in [6.45, 7) is 0.337. The van der Waals surface area contributed by atoms with Crippen LogP contribution in [0.1, 0.15) is 24.3 Å². The van der Waals surface area contributed by atoms with E-state index in [0.29, 0.717) is 30.9 Å². The first-order valence-electron chi connectivity index (χ1n) is 7.35. The summed E-state index contributed by atoms with van der Waals surface area (Å²) in [5.74, 6) is -0.698. The molecule has 0 saturated heterocycles. The van der Waals surface area contributed by atoms with Crippen LogP contribution in [0.2, 0.25) is 0 Å². The molecular formula is C18H19FO4. The molecular weight excluding hydrogens is 299 g/mol. The third-order valence-corrected chi connectivity index (χ3v) is 3.52. The number of ether oxygens (including phenoxy) is 2. The molecule has 1 unspecified atom stereocenters. The fourth-order valence-electron chi connectivity index (χ4n) is 2.30. The van der Waals surface area contributed by atoms with Crippen molar-refractivity contribution in [3.63, 3.8) is 0 Å². The summed E-state index contributed by atoms with van der Waals surface area (Å²) in [5, 5.41) is 9.38. The smallest absolute Gasteiger partial charge is 0.310 e. The van der Waals surface area contributed by atoms with Gasteiger partial charge in [-0.3, -0.25) is 4.79 Å². The highest BCUT2D eigenvalue weighted by Crippen LogP contribution is 2.24. The zero-order valence-electron chi connectivity index (χ0n) is 12.9. The summed E-state index contributed by atoms with van der Waals surface area (Å²) in [4.78, 5) is 11.4. The van der Waals surface area contributed by atoms with Crippen LogP contribution >= 0.6 is 0 Å². The molecule has 0 amide bonds. The quantitative estimate of drug-likeness (QED) is 0.751. The van der Waals surface area contributed by atoms with E-state index in [2.05, 4.69) is 0 Å². The van der Waals surface area contributed by atoms with Gasteiger partial charge in [-0.15, -0.1) is 0 Å². The Balaban J connectivity index is 1.88. The molecule has 0 bridgehead atoms. The Hall–Kier alpha value is -2.56. The van der Waals surface area contributed by atoms with Crippen LogP contribution in [0.4, 0.5) is 4.39 Å². The molecule has 0 radical (unpaired) electrons. The van der Waals surface area contributed by atoms with Crippen molar-refractivity contribution in [2.24, 2.45) is 0 Å². The molecule has 122 valence electrons. The highest BCUT2D eigenvalue weighted by atomic mass is 19.1. The van der Waals surface area contributed by atoms with E-state index in [-0.39, 0.29) is 5.82 Å². The Morgan fingerprint density at radius 3 is 2.52 bits per heavy atom. The van der Waals surface area contributed by atoms with E-state index in [1.807, 2.05) is 0 Å². The van der Waals surface area contributed by atoms with Gasteiger partial charge in [0, 0.05) is 6.07 Å². The third-order valence-electron chi connectivity index (χ3n) is 3.52. The number of aliphatic carboxylic acids is 1. The maximum atomic E-state index is 13.0. The maximum Gasteiger partial charge on any atom is 0.310 e. The molecule has 5 heteroatoms. The highest BCUT2D eigenvalue weighted by molar-refractivity contribution is 5.76. The Kier molecular flexibility index (Phi) is 5.97. The second kappa shape index (κ2) is 8.17. The van der Waals surface area contributed by atoms with E-state index in [1.54, 1.807) is 43.5 Å². The lowest BCUT2D eigenvalue weighted by Gasteiger charge is -2.13. The topological polar surface area (TPSA) is 55.8 Å². The number of halogens is 1. The van der Waals surface area contributed by atoms with Crippen molar-refractivity contribution in [2.45, 2.75) is 18.8 Å². The Morgan fingerprint density at radius 2 is 1.91 bits per heavy atom. The predicted molar refractivity (Wildman–Crippen MR) is 84.5 cm³/mol. The SMILES string of the molecule is COc1ccc(C(CCCOc2cccc(F)c2)C(=O)O)cc1. The van der Waals surface area contributed by atoms with E-state index in [1.165, 1.54) is 12.1 Å². The Labute approximate surface area is 134 Å². The van der Waals surface area contributed by atoms with Crippen molar-refractivity contribution in [1.29, 1.82) is 0 Å². The summed E-state index contributed by atoms with van der Waals surface area (Å²) >= 11 is 0. The van der Waals surface area contributed by atoms with Crippen LogP contribution in [0, 0.1) is 5.82 Å². The number of rotatable bonds is 8. The zero-order valence-corrected chi connectivity index (χ0v) is 12.9. The molecule has 2 rings (SSSR count). The molecule has 0 aliphatic rings. The fourth-order valence-corrected chi connectivity index (χ4v) is 2.30. The number of hydrogen-bond donors (Lipinski definition) is 1. The van der Waals surface area contributed by atoms with Crippen LogP contribution < -0.4 is 9.47 Å². The monoisotopic (exact) mass is 318 g/mol. The first-order valence-corrected chi connectivity index (χ1v) is 7.35. The Morgan fingerprint density at radius 1 is 1.17 bits per heavy atom. The maximum absolute atomic E-state index is 13.0. The predicted octanol–water partition coefficient (Wildman–Crippen LogP) is 3.86. The van der Waals surface area contributed by atoms with E-state index >= 15 is 0 Å². The second-order valence-electron chi connectivity index (χ2n) is 5.11. The van der Waals surface area contributed by atoms with Gasteiger partial charge >= 0.3 is 5.97 Å². The molecule has 4 nitrogen and oxygen atoms in total. The third kappa shape index (κ3) is 4.98. The van der Waals surface area contributed by atoms with Gasteiger partial charge in [0.25, 0.3) is 0 Å². The number of hydrogen-bond acceptors (Lipinski definition) is 3. The van der Waals surface area contributed by atoms with E-state index in [4.69, 9.17) is 9.47 Å². The minimum atomic E-state index is -0.874. The molecule has 0 aromatic heterocycles. The number of methoxy groups -OCH3 is 1. The summed E-state index contributed by atoms with van der Waals surface area (Å²) in [6.07, 6.45) is 0.997. The van der Waals surface area contributed by atoms with Gasteiger partial charge in [-0.25, -0.2) is 4.39 Å². The summed E-state index contributed by atoms with van der Waals surface area (Å²) in [7, 11) is 1.56. The van der Waals surface area contributed by atoms with E-state index < -0.39 is 11.9 Å². The van der Waals surface area contributed by atoms with Gasteiger partial charge in [0.05, 0.1) is 19.6 Å². The molecule has 0 heterocycles. The fraction of sp³-hybridized carbons (Fsp3) is 0.278. The lowest BCUT2D eigenvalue weighted by molar-refractivity contribution is -0.139. The summed E-state index contributed by atoms with van der Waals surface area (Å²) < 4.78 is 23.5. The van der Waals surface area contributed by atoms with Crippen LogP contribution in [-0.2, 0) is 4.79 Å². The summed E-state index contributed by atoms with van der Waals surface area (Å²) in [6, 6.07) is 12.9. The van der Waals surface area contributed by atoms with Gasteiger partial charge in [0.15, 0.2) is 0 Å². The lowest BCUT2D eigenvalue weighted by Crippen LogP contribution is -2.13. The van der Waals surface area contributed by atoms with Gasteiger partial charge < -0.3 is 14.6 Å².